The summed E-state index contributed by atoms with van der Waals surface area (Å²) in [5.74, 6) is 0.176. The Labute approximate surface area is 147 Å². The van der Waals surface area contributed by atoms with Crippen LogP contribution in [0.3, 0.4) is 0 Å². The molecule has 9 heteroatoms. The van der Waals surface area contributed by atoms with Crippen LogP contribution in [0.1, 0.15) is 5.56 Å². The maximum Gasteiger partial charge on any atom is 0.573 e. The van der Waals surface area contributed by atoms with E-state index in [1.54, 1.807) is 7.05 Å². The van der Waals surface area contributed by atoms with Crippen LogP contribution in [0, 0.1) is 0 Å². The number of hydroxylamine groups is 2. The molecule has 0 fully saturated rings. The zero-order valence-electron chi connectivity index (χ0n) is 13.7. The van der Waals surface area contributed by atoms with E-state index in [0.29, 0.717) is 18.1 Å². The summed E-state index contributed by atoms with van der Waals surface area (Å²) in [6, 6.07) is 12.7. The molecule has 136 valence electrons. The lowest BCUT2D eigenvalue weighted by molar-refractivity contribution is -0.274. The smallest absolute Gasteiger partial charge is 0.406 e. The van der Waals surface area contributed by atoms with Gasteiger partial charge in [-0.25, -0.2) is 9.67 Å². The Balaban J connectivity index is 1.75. The lowest BCUT2D eigenvalue weighted by Crippen LogP contribution is -2.17. The Morgan fingerprint density at radius 1 is 1.08 bits per heavy atom. The maximum absolute atomic E-state index is 12.2. The molecule has 0 bridgehead atoms. The average Bonchev–Trinajstić information content (AvgIpc) is 3.04. The molecule has 0 aliphatic heterocycles. The minimum Gasteiger partial charge on any atom is -0.406 e. The van der Waals surface area contributed by atoms with Crippen molar-refractivity contribution < 1.29 is 23.1 Å². The van der Waals surface area contributed by atoms with Gasteiger partial charge in [-0.2, -0.15) is 5.06 Å². The summed E-state index contributed by atoms with van der Waals surface area (Å²) >= 11 is 0. The van der Waals surface area contributed by atoms with Crippen LogP contribution in [-0.4, -0.2) is 38.4 Å². The molecule has 6 nitrogen and oxygen atoms in total. The lowest BCUT2D eigenvalue weighted by atomic mass is 10.1. The molecule has 1 aromatic heterocycles. The van der Waals surface area contributed by atoms with Crippen molar-refractivity contribution >= 4 is 0 Å². The van der Waals surface area contributed by atoms with Gasteiger partial charge in [-0.15, -0.1) is 18.3 Å². The first-order valence-corrected chi connectivity index (χ1v) is 7.57. The van der Waals surface area contributed by atoms with Crippen molar-refractivity contribution in [3.8, 4) is 22.8 Å². The van der Waals surface area contributed by atoms with E-state index in [0.717, 1.165) is 16.2 Å². The summed E-state index contributed by atoms with van der Waals surface area (Å²) in [5.41, 5.74) is 2.26. The third-order valence-electron chi connectivity index (χ3n) is 3.45. The SMILES string of the molecule is CN(O)Cc1ccc(-c2ncn(-c3ccc(OC(F)(F)F)cc3)n2)cc1. The van der Waals surface area contributed by atoms with Crippen molar-refractivity contribution in [2.45, 2.75) is 12.9 Å². The highest BCUT2D eigenvalue weighted by molar-refractivity contribution is 5.55. The van der Waals surface area contributed by atoms with Gasteiger partial charge in [0.1, 0.15) is 12.1 Å². The maximum atomic E-state index is 12.2. The second-order valence-corrected chi connectivity index (χ2v) is 5.57. The largest absolute Gasteiger partial charge is 0.573 e. The van der Waals surface area contributed by atoms with E-state index in [9.17, 15) is 18.4 Å². The second-order valence-electron chi connectivity index (χ2n) is 5.57. The summed E-state index contributed by atoms with van der Waals surface area (Å²) in [6.07, 6.45) is -3.25. The topological polar surface area (TPSA) is 63.4 Å². The number of ether oxygens (including phenoxy) is 1. The van der Waals surface area contributed by atoms with Crippen molar-refractivity contribution in [1.29, 1.82) is 0 Å². The molecule has 26 heavy (non-hydrogen) atoms. The van der Waals surface area contributed by atoms with Crippen LogP contribution in [0.15, 0.2) is 54.9 Å². The number of hydrogen-bond acceptors (Lipinski definition) is 5. The summed E-state index contributed by atoms with van der Waals surface area (Å²) in [6.45, 7) is 0.397. The number of rotatable bonds is 5. The van der Waals surface area contributed by atoms with Crippen molar-refractivity contribution in [2.75, 3.05) is 7.05 Å². The summed E-state index contributed by atoms with van der Waals surface area (Å²) < 4.78 is 41.9. The van der Waals surface area contributed by atoms with Crippen LogP contribution in [-0.2, 0) is 6.54 Å². The molecule has 2 aromatic carbocycles. The lowest BCUT2D eigenvalue weighted by Gasteiger charge is -2.09. The average molecular weight is 364 g/mol. The van der Waals surface area contributed by atoms with E-state index < -0.39 is 6.36 Å². The molecule has 3 aromatic rings. The van der Waals surface area contributed by atoms with Gasteiger partial charge in [0, 0.05) is 19.2 Å². The van der Waals surface area contributed by atoms with E-state index in [4.69, 9.17) is 0 Å². The van der Waals surface area contributed by atoms with Gasteiger partial charge in [-0.05, 0) is 29.8 Å². The first-order valence-electron chi connectivity index (χ1n) is 7.57. The molecule has 0 aliphatic rings. The predicted molar refractivity (Wildman–Crippen MR) is 86.7 cm³/mol. The zero-order valence-corrected chi connectivity index (χ0v) is 13.7. The van der Waals surface area contributed by atoms with Crippen molar-refractivity contribution in [2.24, 2.45) is 0 Å². The molecule has 0 spiro atoms. The highest BCUT2D eigenvalue weighted by Crippen LogP contribution is 2.24. The first-order chi connectivity index (χ1) is 12.3. The van der Waals surface area contributed by atoms with Gasteiger partial charge >= 0.3 is 6.36 Å². The summed E-state index contributed by atoms with van der Waals surface area (Å²) in [7, 11) is 1.56. The molecular formula is C17H15F3N4O2. The number of hydrogen-bond donors (Lipinski definition) is 1. The minimum atomic E-state index is -4.72. The van der Waals surface area contributed by atoms with E-state index in [-0.39, 0.29) is 5.75 Å². The van der Waals surface area contributed by atoms with E-state index in [1.165, 1.54) is 35.3 Å². The van der Waals surface area contributed by atoms with Crippen LogP contribution in [0.25, 0.3) is 17.1 Å². The Hall–Kier alpha value is -2.91. The van der Waals surface area contributed by atoms with Crippen LogP contribution in [0.5, 0.6) is 5.75 Å². The highest BCUT2D eigenvalue weighted by atomic mass is 19.4. The molecule has 0 atom stereocenters. The number of halogens is 3. The highest BCUT2D eigenvalue weighted by Gasteiger charge is 2.30. The van der Waals surface area contributed by atoms with Crippen molar-refractivity contribution in [3.63, 3.8) is 0 Å². The number of nitrogens with zero attached hydrogens (tertiary/aromatic N) is 4. The zero-order chi connectivity index (χ0) is 18.7. The molecule has 1 heterocycles. The fraction of sp³-hybridized carbons (Fsp3) is 0.176. The molecule has 0 aliphatic carbocycles. The van der Waals surface area contributed by atoms with Gasteiger partial charge in [0.2, 0.25) is 0 Å². The van der Waals surface area contributed by atoms with Gasteiger partial charge in [0.05, 0.1) is 5.69 Å². The molecule has 0 radical (unpaired) electrons. The first kappa shape index (κ1) is 17.9. The Bertz CT molecular complexity index is 859. The summed E-state index contributed by atoms with van der Waals surface area (Å²) in [5, 5.41) is 14.6. The Kier molecular flexibility index (Phi) is 4.92. The molecule has 0 saturated carbocycles. The van der Waals surface area contributed by atoms with Crippen molar-refractivity contribution in [3.05, 3.63) is 60.4 Å². The van der Waals surface area contributed by atoms with E-state index >= 15 is 0 Å². The Morgan fingerprint density at radius 2 is 1.73 bits per heavy atom. The number of benzene rings is 2. The third-order valence-corrected chi connectivity index (χ3v) is 3.45. The molecule has 0 saturated heterocycles. The van der Waals surface area contributed by atoms with E-state index in [1.807, 2.05) is 24.3 Å². The fourth-order valence-corrected chi connectivity index (χ4v) is 2.34. The minimum absolute atomic E-state index is 0.300. The normalized spacial score (nSPS) is 11.8. The van der Waals surface area contributed by atoms with Crippen LogP contribution >= 0.6 is 0 Å². The molecule has 0 unspecified atom stereocenters. The predicted octanol–water partition coefficient (Wildman–Crippen LogP) is 3.65. The van der Waals surface area contributed by atoms with Crippen LogP contribution < -0.4 is 4.74 Å². The Morgan fingerprint density at radius 3 is 2.31 bits per heavy atom. The molecule has 1 N–H and O–H groups in total. The molecule has 0 amide bonds. The van der Waals surface area contributed by atoms with Crippen molar-refractivity contribution in [1.82, 2.24) is 19.8 Å². The van der Waals surface area contributed by atoms with Gasteiger partial charge in [-0.3, -0.25) is 0 Å². The summed E-state index contributed by atoms with van der Waals surface area (Å²) in [4.78, 5) is 4.22. The van der Waals surface area contributed by atoms with Gasteiger partial charge in [0.25, 0.3) is 0 Å². The molecule has 3 rings (SSSR count). The van der Waals surface area contributed by atoms with Gasteiger partial charge < -0.3 is 9.94 Å². The standard InChI is InChI=1S/C17H15F3N4O2/c1-23(25)10-12-2-4-13(5-3-12)16-21-11-24(22-16)14-6-8-15(9-7-14)26-17(18,19)20/h2-9,11,25H,10H2,1H3. The second kappa shape index (κ2) is 7.14. The molecular weight excluding hydrogens is 349 g/mol. The third kappa shape index (κ3) is 4.58. The number of aromatic nitrogens is 3. The fourth-order valence-electron chi connectivity index (χ4n) is 2.34. The van der Waals surface area contributed by atoms with Crippen LogP contribution in [0.4, 0.5) is 13.2 Å². The van der Waals surface area contributed by atoms with Gasteiger partial charge in [0.15, 0.2) is 5.82 Å². The van der Waals surface area contributed by atoms with Crippen LogP contribution in [0.2, 0.25) is 0 Å². The number of alkyl halides is 3. The quantitative estimate of drug-likeness (QED) is 0.700. The van der Waals surface area contributed by atoms with E-state index in [2.05, 4.69) is 14.8 Å². The monoisotopic (exact) mass is 364 g/mol. The van der Waals surface area contributed by atoms with Gasteiger partial charge in [-0.1, -0.05) is 24.3 Å².